The molecule has 0 aliphatic carbocycles. The molecule has 0 saturated carbocycles. The zero-order valence-electron chi connectivity index (χ0n) is 15.0. The van der Waals surface area contributed by atoms with Gasteiger partial charge in [-0.15, -0.1) is 0 Å². The van der Waals surface area contributed by atoms with Gasteiger partial charge in [-0.25, -0.2) is 9.98 Å². The summed E-state index contributed by atoms with van der Waals surface area (Å²) in [4.78, 5) is 11.5. The maximum atomic E-state index is 5.57. The minimum absolute atomic E-state index is 0.463. The number of nitrogens with one attached hydrogen (secondary N) is 2. The standard InChI is InChI=1S/C17H31N5O/c1-5-18-17(20-11-16-21-14(3)15(4)23-16)19-8-10-22-9-6-7-13(2)12-22/h13H,5-12H2,1-4H3,(H2,18,19,20). The van der Waals surface area contributed by atoms with Crippen LogP contribution in [-0.4, -0.2) is 48.6 Å². The molecule has 2 heterocycles. The zero-order chi connectivity index (χ0) is 16.7. The molecule has 1 aliphatic heterocycles. The van der Waals surface area contributed by atoms with Gasteiger partial charge >= 0.3 is 0 Å². The summed E-state index contributed by atoms with van der Waals surface area (Å²) < 4.78 is 5.57. The number of oxazole rings is 1. The number of aryl methyl sites for hydroxylation is 2. The molecular formula is C17H31N5O. The average molecular weight is 321 g/mol. The summed E-state index contributed by atoms with van der Waals surface area (Å²) in [6.45, 7) is 14.0. The molecule has 0 bridgehead atoms. The van der Waals surface area contributed by atoms with Crippen molar-refractivity contribution in [1.29, 1.82) is 0 Å². The fourth-order valence-corrected chi connectivity index (χ4v) is 2.92. The number of guanidine groups is 1. The van der Waals surface area contributed by atoms with Crippen LogP contribution in [0.15, 0.2) is 9.41 Å². The Labute approximate surface area is 139 Å². The van der Waals surface area contributed by atoms with E-state index in [-0.39, 0.29) is 0 Å². The minimum Gasteiger partial charge on any atom is -0.444 e. The lowest BCUT2D eigenvalue weighted by Crippen LogP contribution is -2.43. The molecule has 130 valence electrons. The Morgan fingerprint density at radius 2 is 2.22 bits per heavy atom. The second-order valence-corrected chi connectivity index (χ2v) is 6.42. The van der Waals surface area contributed by atoms with Crippen LogP contribution in [-0.2, 0) is 6.54 Å². The molecule has 0 amide bonds. The van der Waals surface area contributed by atoms with Gasteiger partial charge in [0.25, 0.3) is 0 Å². The second-order valence-electron chi connectivity index (χ2n) is 6.42. The molecule has 1 unspecified atom stereocenters. The number of nitrogens with zero attached hydrogens (tertiary/aromatic N) is 3. The molecule has 2 rings (SSSR count). The Kier molecular flexibility index (Phi) is 6.89. The maximum absolute atomic E-state index is 5.57. The summed E-state index contributed by atoms with van der Waals surface area (Å²) in [6.07, 6.45) is 2.68. The smallest absolute Gasteiger partial charge is 0.216 e. The molecule has 23 heavy (non-hydrogen) atoms. The Balaban J connectivity index is 1.79. The maximum Gasteiger partial charge on any atom is 0.216 e. The molecule has 1 aliphatic rings. The van der Waals surface area contributed by atoms with Gasteiger partial charge in [0.1, 0.15) is 12.3 Å². The summed E-state index contributed by atoms with van der Waals surface area (Å²) in [5.74, 6) is 3.18. The molecule has 1 saturated heterocycles. The quantitative estimate of drug-likeness (QED) is 0.620. The number of likely N-dealkylation sites (tertiary alicyclic amines) is 1. The molecular weight excluding hydrogens is 290 g/mol. The third-order valence-electron chi connectivity index (χ3n) is 4.25. The topological polar surface area (TPSA) is 65.7 Å². The van der Waals surface area contributed by atoms with Crippen molar-refractivity contribution in [2.24, 2.45) is 10.9 Å². The molecule has 0 radical (unpaired) electrons. The molecule has 1 aromatic rings. The van der Waals surface area contributed by atoms with E-state index in [1.165, 1.54) is 25.9 Å². The number of hydrogen-bond acceptors (Lipinski definition) is 4. The average Bonchev–Trinajstić information content (AvgIpc) is 2.83. The van der Waals surface area contributed by atoms with Crippen LogP contribution >= 0.6 is 0 Å². The van der Waals surface area contributed by atoms with E-state index in [0.29, 0.717) is 12.4 Å². The van der Waals surface area contributed by atoms with E-state index in [1.807, 2.05) is 13.8 Å². The van der Waals surface area contributed by atoms with Gasteiger partial charge < -0.3 is 20.0 Å². The van der Waals surface area contributed by atoms with Gasteiger partial charge in [-0.05, 0) is 46.1 Å². The lowest BCUT2D eigenvalue weighted by atomic mass is 10.0. The first-order valence-electron chi connectivity index (χ1n) is 8.76. The highest BCUT2D eigenvalue weighted by atomic mass is 16.4. The summed E-state index contributed by atoms with van der Waals surface area (Å²) in [6, 6.07) is 0. The summed E-state index contributed by atoms with van der Waals surface area (Å²) >= 11 is 0. The summed E-state index contributed by atoms with van der Waals surface area (Å²) in [5, 5.41) is 6.67. The fraction of sp³-hybridized carbons (Fsp3) is 0.765. The SMILES string of the molecule is CCNC(=NCc1nc(C)c(C)o1)NCCN1CCCC(C)C1. The van der Waals surface area contributed by atoms with Gasteiger partial charge in [0.2, 0.25) is 5.89 Å². The monoisotopic (exact) mass is 321 g/mol. The Hall–Kier alpha value is -1.56. The van der Waals surface area contributed by atoms with E-state index in [4.69, 9.17) is 4.42 Å². The predicted molar refractivity (Wildman–Crippen MR) is 93.6 cm³/mol. The number of piperidine rings is 1. The number of hydrogen-bond donors (Lipinski definition) is 2. The summed E-state index contributed by atoms with van der Waals surface area (Å²) in [5.41, 5.74) is 0.937. The van der Waals surface area contributed by atoms with Crippen molar-refractivity contribution in [2.45, 2.75) is 47.1 Å². The van der Waals surface area contributed by atoms with Crippen LogP contribution in [0.4, 0.5) is 0 Å². The minimum atomic E-state index is 0.463. The zero-order valence-corrected chi connectivity index (χ0v) is 15.0. The molecule has 0 spiro atoms. The third-order valence-corrected chi connectivity index (χ3v) is 4.25. The van der Waals surface area contributed by atoms with E-state index in [2.05, 4.69) is 39.4 Å². The highest BCUT2D eigenvalue weighted by Gasteiger charge is 2.15. The van der Waals surface area contributed by atoms with Crippen molar-refractivity contribution in [2.75, 3.05) is 32.7 Å². The van der Waals surface area contributed by atoms with Crippen LogP contribution in [0.3, 0.4) is 0 Å². The van der Waals surface area contributed by atoms with Crippen molar-refractivity contribution in [3.8, 4) is 0 Å². The summed E-state index contributed by atoms with van der Waals surface area (Å²) in [7, 11) is 0. The van der Waals surface area contributed by atoms with Crippen LogP contribution in [0.5, 0.6) is 0 Å². The van der Waals surface area contributed by atoms with E-state index >= 15 is 0 Å². The van der Waals surface area contributed by atoms with Crippen molar-refractivity contribution < 1.29 is 4.42 Å². The van der Waals surface area contributed by atoms with Crippen molar-refractivity contribution in [3.63, 3.8) is 0 Å². The van der Waals surface area contributed by atoms with Crippen LogP contribution in [0.2, 0.25) is 0 Å². The molecule has 6 nitrogen and oxygen atoms in total. The lowest BCUT2D eigenvalue weighted by Gasteiger charge is -2.30. The number of aliphatic imine (C=N–C) groups is 1. The third kappa shape index (κ3) is 5.86. The van der Waals surface area contributed by atoms with Crippen molar-refractivity contribution >= 4 is 5.96 Å². The second kappa shape index (κ2) is 8.91. The van der Waals surface area contributed by atoms with Gasteiger partial charge in [-0.3, -0.25) is 0 Å². The number of aromatic nitrogens is 1. The van der Waals surface area contributed by atoms with E-state index < -0.39 is 0 Å². The highest BCUT2D eigenvalue weighted by Crippen LogP contribution is 2.14. The van der Waals surface area contributed by atoms with Gasteiger partial charge in [0.05, 0.1) is 5.69 Å². The van der Waals surface area contributed by atoms with Crippen LogP contribution in [0.1, 0.15) is 44.0 Å². The van der Waals surface area contributed by atoms with Gasteiger partial charge in [0, 0.05) is 26.2 Å². The van der Waals surface area contributed by atoms with Gasteiger partial charge in [0.15, 0.2) is 5.96 Å². The molecule has 2 N–H and O–H groups in total. The largest absolute Gasteiger partial charge is 0.444 e. The van der Waals surface area contributed by atoms with Crippen LogP contribution in [0, 0.1) is 19.8 Å². The Morgan fingerprint density at radius 3 is 2.87 bits per heavy atom. The van der Waals surface area contributed by atoms with E-state index in [9.17, 15) is 0 Å². The predicted octanol–water partition coefficient (Wildman–Crippen LogP) is 2.08. The molecule has 1 fully saturated rings. The fourth-order valence-electron chi connectivity index (χ4n) is 2.92. The Bertz CT molecular complexity index is 492. The van der Waals surface area contributed by atoms with Gasteiger partial charge in [-0.1, -0.05) is 6.92 Å². The van der Waals surface area contributed by atoms with Crippen molar-refractivity contribution in [1.82, 2.24) is 20.5 Å². The molecule has 1 atom stereocenters. The van der Waals surface area contributed by atoms with Gasteiger partial charge in [-0.2, -0.15) is 0 Å². The highest BCUT2D eigenvalue weighted by molar-refractivity contribution is 5.79. The molecule has 0 aromatic carbocycles. The first-order valence-corrected chi connectivity index (χ1v) is 8.76. The van der Waals surface area contributed by atoms with E-state index in [0.717, 1.165) is 43.0 Å². The number of rotatable bonds is 6. The molecule has 1 aromatic heterocycles. The Morgan fingerprint density at radius 1 is 1.39 bits per heavy atom. The molecule has 6 heteroatoms. The normalized spacial score (nSPS) is 19.8. The van der Waals surface area contributed by atoms with E-state index in [1.54, 1.807) is 0 Å². The lowest BCUT2D eigenvalue weighted by molar-refractivity contribution is 0.187. The first-order chi connectivity index (χ1) is 11.1. The first kappa shape index (κ1) is 17.8. The van der Waals surface area contributed by atoms with Crippen LogP contribution < -0.4 is 10.6 Å². The van der Waals surface area contributed by atoms with Crippen LogP contribution in [0.25, 0.3) is 0 Å². The van der Waals surface area contributed by atoms with Crippen molar-refractivity contribution in [3.05, 3.63) is 17.3 Å².